The van der Waals surface area contributed by atoms with E-state index in [1.54, 1.807) is 24.5 Å². The molecular formula is C24H22F2N4O2. The highest BCUT2D eigenvalue weighted by Crippen LogP contribution is 2.34. The van der Waals surface area contributed by atoms with Crippen LogP contribution in [0.2, 0.25) is 0 Å². The zero-order chi connectivity index (χ0) is 22.9. The minimum Gasteiger partial charge on any atom is -0.449 e. The third kappa shape index (κ3) is 4.59. The van der Waals surface area contributed by atoms with E-state index in [9.17, 15) is 13.6 Å². The Bertz CT molecular complexity index is 1250. The summed E-state index contributed by atoms with van der Waals surface area (Å²) >= 11 is 0. The van der Waals surface area contributed by atoms with Gasteiger partial charge in [-0.2, -0.15) is 0 Å². The van der Waals surface area contributed by atoms with Gasteiger partial charge in [0.2, 0.25) is 0 Å². The van der Waals surface area contributed by atoms with Crippen molar-refractivity contribution in [3.63, 3.8) is 0 Å². The number of benzene rings is 1. The molecule has 0 bridgehead atoms. The summed E-state index contributed by atoms with van der Waals surface area (Å²) in [5, 5.41) is 2.48. The number of nitrogens with zero attached hydrogens (tertiary/aromatic N) is 3. The largest absolute Gasteiger partial charge is 0.449 e. The Hall–Kier alpha value is -3.81. The number of nitrogens with one attached hydrogen (secondary N) is 1. The number of carbonyl (C=O) groups excluding carboxylic acids is 1. The lowest BCUT2D eigenvalue weighted by molar-refractivity contribution is 0.0997. The first kappa shape index (κ1) is 21.4. The van der Waals surface area contributed by atoms with Gasteiger partial charge in [0.15, 0.2) is 17.3 Å². The fourth-order valence-electron chi connectivity index (χ4n) is 3.34. The minimum atomic E-state index is -0.644. The van der Waals surface area contributed by atoms with Gasteiger partial charge in [0.25, 0.3) is 5.91 Å². The molecule has 3 aromatic heterocycles. The van der Waals surface area contributed by atoms with Crippen LogP contribution in [0.1, 0.15) is 31.3 Å². The van der Waals surface area contributed by atoms with Crippen molar-refractivity contribution in [2.45, 2.75) is 27.3 Å². The zero-order valence-electron chi connectivity index (χ0n) is 17.9. The third-order valence-electron chi connectivity index (χ3n) is 4.68. The van der Waals surface area contributed by atoms with Gasteiger partial charge in [-0.15, -0.1) is 0 Å². The number of halogens is 2. The average molecular weight is 436 g/mol. The monoisotopic (exact) mass is 436 g/mol. The number of furan rings is 1. The molecule has 3 heterocycles. The Kier molecular flexibility index (Phi) is 5.61. The van der Waals surface area contributed by atoms with E-state index in [4.69, 9.17) is 4.42 Å². The van der Waals surface area contributed by atoms with Gasteiger partial charge in [0.1, 0.15) is 11.5 Å². The fraction of sp³-hybridized carbons (Fsp3) is 0.208. The molecular weight excluding hydrogens is 414 g/mol. The van der Waals surface area contributed by atoms with E-state index in [-0.39, 0.29) is 22.7 Å². The molecule has 32 heavy (non-hydrogen) atoms. The van der Waals surface area contributed by atoms with Crippen molar-refractivity contribution >= 4 is 11.6 Å². The first-order valence-corrected chi connectivity index (χ1v) is 10.0. The Morgan fingerprint density at radius 1 is 1.09 bits per heavy atom. The SMILES string of the molecule is CC(C)(C)Cn1cnc(-c2ccc(F)cc2)c1-c1ccc(C(=O)Nc2ccncc2F)o1. The lowest BCUT2D eigenvalue weighted by Gasteiger charge is -2.20. The van der Waals surface area contributed by atoms with Gasteiger partial charge in [-0.3, -0.25) is 9.78 Å². The summed E-state index contributed by atoms with van der Waals surface area (Å²) in [5.41, 5.74) is 1.95. The molecule has 8 heteroatoms. The van der Waals surface area contributed by atoms with E-state index in [1.165, 1.54) is 30.5 Å². The summed E-state index contributed by atoms with van der Waals surface area (Å²) in [5.74, 6) is -1.14. The molecule has 1 N–H and O–H groups in total. The number of anilines is 1. The Morgan fingerprint density at radius 3 is 2.53 bits per heavy atom. The van der Waals surface area contributed by atoms with Crippen molar-refractivity contribution in [1.82, 2.24) is 14.5 Å². The number of hydrogen-bond donors (Lipinski definition) is 1. The summed E-state index contributed by atoms with van der Waals surface area (Å²) in [4.78, 5) is 20.8. The molecule has 0 aliphatic rings. The van der Waals surface area contributed by atoms with Crippen molar-refractivity contribution in [1.29, 1.82) is 0 Å². The van der Waals surface area contributed by atoms with Gasteiger partial charge in [-0.1, -0.05) is 20.8 Å². The van der Waals surface area contributed by atoms with Crippen molar-refractivity contribution in [2.24, 2.45) is 5.41 Å². The van der Waals surface area contributed by atoms with E-state index >= 15 is 0 Å². The topological polar surface area (TPSA) is 73.0 Å². The highest BCUT2D eigenvalue weighted by Gasteiger charge is 2.23. The van der Waals surface area contributed by atoms with Crippen LogP contribution >= 0.6 is 0 Å². The Morgan fingerprint density at radius 2 is 1.84 bits per heavy atom. The molecule has 0 unspecified atom stereocenters. The van der Waals surface area contributed by atoms with Crippen LogP contribution in [0.25, 0.3) is 22.7 Å². The molecule has 6 nitrogen and oxygen atoms in total. The number of pyridine rings is 1. The summed E-state index contributed by atoms with van der Waals surface area (Å²) < 4.78 is 35.1. The molecule has 164 valence electrons. The lowest BCUT2D eigenvalue weighted by atomic mass is 9.96. The quantitative estimate of drug-likeness (QED) is 0.430. The van der Waals surface area contributed by atoms with E-state index in [0.29, 0.717) is 23.7 Å². The maximum Gasteiger partial charge on any atom is 0.291 e. The van der Waals surface area contributed by atoms with Crippen molar-refractivity contribution in [3.8, 4) is 22.7 Å². The smallest absolute Gasteiger partial charge is 0.291 e. The molecule has 4 aromatic rings. The zero-order valence-corrected chi connectivity index (χ0v) is 17.9. The van der Waals surface area contributed by atoms with Crippen LogP contribution in [0.15, 0.2) is 65.6 Å². The number of imidazole rings is 1. The highest BCUT2D eigenvalue weighted by molar-refractivity contribution is 6.02. The summed E-state index contributed by atoms with van der Waals surface area (Å²) in [6.45, 7) is 6.93. The molecule has 0 radical (unpaired) electrons. The van der Waals surface area contributed by atoms with Gasteiger partial charge >= 0.3 is 0 Å². The first-order valence-electron chi connectivity index (χ1n) is 10.0. The second kappa shape index (κ2) is 8.37. The van der Waals surface area contributed by atoms with Crippen LogP contribution in [0.5, 0.6) is 0 Å². The van der Waals surface area contributed by atoms with Crippen molar-refractivity contribution in [2.75, 3.05) is 5.32 Å². The Balaban J connectivity index is 1.71. The second-order valence-corrected chi connectivity index (χ2v) is 8.61. The van der Waals surface area contributed by atoms with Gasteiger partial charge in [0, 0.05) is 18.3 Å². The predicted octanol–water partition coefficient (Wildman–Crippen LogP) is 5.78. The van der Waals surface area contributed by atoms with E-state index in [1.807, 2.05) is 4.57 Å². The van der Waals surface area contributed by atoms with Gasteiger partial charge < -0.3 is 14.3 Å². The summed E-state index contributed by atoms with van der Waals surface area (Å²) in [6.07, 6.45) is 4.10. The average Bonchev–Trinajstić information content (AvgIpc) is 3.36. The second-order valence-electron chi connectivity index (χ2n) is 8.61. The van der Waals surface area contributed by atoms with Crippen LogP contribution < -0.4 is 5.32 Å². The highest BCUT2D eigenvalue weighted by atomic mass is 19.1. The van der Waals surface area contributed by atoms with E-state index in [0.717, 1.165) is 11.8 Å². The fourth-order valence-corrected chi connectivity index (χ4v) is 3.34. The maximum absolute atomic E-state index is 13.8. The molecule has 1 aromatic carbocycles. The van der Waals surface area contributed by atoms with Crippen LogP contribution in [0, 0.1) is 17.0 Å². The Labute approximate surface area is 183 Å². The van der Waals surface area contributed by atoms with E-state index < -0.39 is 11.7 Å². The molecule has 1 amide bonds. The number of amides is 1. The van der Waals surface area contributed by atoms with Crippen LogP contribution in [-0.2, 0) is 6.54 Å². The van der Waals surface area contributed by atoms with Crippen LogP contribution in [0.4, 0.5) is 14.5 Å². The van der Waals surface area contributed by atoms with Crippen LogP contribution in [-0.4, -0.2) is 20.4 Å². The standard InChI is InChI=1S/C24H22F2N4O2/c1-24(2,3)13-30-14-28-21(15-4-6-16(25)7-5-15)22(30)19-8-9-20(32-19)23(31)29-18-10-11-27-12-17(18)26/h4-12,14H,13H2,1-3H3,(H,27,29,31). The molecule has 0 fully saturated rings. The summed E-state index contributed by atoms with van der Waals surface area (Å²) in [7, 11) is 0. The molecule has 4 rings (SSSR count). The first-order chi connectivity index (χ1) is 15.2. The number of aromatic nitrogens is 3. The molecule has 0 saturated carbocycles. The molecule has 0 saturated heterocycles. The van der Waals surface area contributed by atoms with Gasteiger partial charge in [-0.25, -0.2) is 13.8 Å². The molecule has 0 aliphatic heterocycles. The van der Waals surface area contributed by atoms with Gasteiger partial charge in [0.05, 0.1) is 23.9 Å². The normalized spacial score (nSPS) is 11.5. The molecule has 0 spiro atoms. The van der Waals surface area contributed by atoms with Crippen molar-refractivity contribution < 1.29 is 18.0 Å². The minimum absolute atomic E-state index is 0.00715. The lowest BCUT2D eigenvalue weighted by Crippen LogP contribution is -2.15. The maximum atomic E-state index is 13.8. The van der Waals surface area contributed by atoms with E-state index in [2.05, 4.69) is 36.1 Å². The number of carbonyl (C=O) groups is 1. The predicted molar refractivity (Wildman–Crippen MR) is 117 cm³/mol. The molecule has 0 atom stereocenters. The summed E-state index contributed by atoms with van der Waals surface area (Å²) in [6, 6.07) is 10.6. The van der Waals surface area contributed by atoms with Crippen LogP contribution in [0.3, 0.4) is 0 Å². The number of rotatable bonds is 5. The number of hydrogen-bond acceptors (Lipinski definition) is 4. The molecule has 0 aliphatic carbocycles. The van der Waals surface area contributed by atoms with Gasteiger partial charge in [-0.05, 0) is 47.9 Å². The van der Waals surface area contributed by atoms with Crippen molar-refractivity contribution in [3.05, 3.63) is 78.6 Å². The third-order valence-corrected chi connectivity index (χ3v) is 4.68.